The second kappa shape index (κ2) is 6.15. The van der Waals surface area contributed by atoms with Gasteiger partial charge in [0.2, 0.25) is 0 Å². The van der Waals surface area contributed by atoms with Crippen molar-refractivity contribution in [2.75, 3.05) is 26.8 Å². The van der Waals surface area contributed by atoms with Gasteiger partial charge in [-0.05, 0) is 0 Å². The van der Waals surface area contributed by atoms with E-state index in [-0.39, 0.29) is 6.54 Å². The highest BCUT2D eigenvalue weighted by atomic mass is 16.5. The van der Waals surface area contributed by atoms with Crippen LogP contribution in [0.25, 0.3) is 0 Å². The summed E-state index contributed by atoms with van der Waals surface area (Å²) in [7, 11) is 1.58. The standard InChI is InChI=1S/C9H14N2O4/c1-14-5-4-11(7-9(12)13)6-8-2-3-10-15-8/h2-3H,4-7H2,1H3,(H,12,13). The van der Waals surface area contributed by atoms with Gasteiger partial charge in [-0.25, -0.2) is 0 Å². The number of rotatable bonds is 7. The van der Waals surface area contributed by atoms with Gasteiger partial charge in [0.1, 0.15) is 0 Å². The fourth-order valence-corrected chi connectivity index (χ4v) is 1.17. The lowest BCUT2D eigenvalue weighted by Gasteiger charge is -2.17. The minimum Gasteiger partial charge on any atom is -0.480 e. The summed E-state index contributed by atoms with van der Waals surface area (Å²) in [5.41, 5.74) is 0. The molecule has 0 atom stereocenters. The number of nitrogens with zero attached hydrogens (tertiary/aromatic N) is 2. The molecule has 0 amide bonds. The molecule has 15 heavy (non-hydrogen) atoms. The summed E-state index contributed by atoms with van der Waals surface area (Å²) in [6, 6.07) is 1.71. The third-order valence-corrected chi connectivity index (χ3v) is 1.84. The third kappa shape index (κ3) is 4.57. The Bertz CT molecular complexity index is 286. The Balaban J connectivity index is 2.44. The van der Waals surface area contributed by atoms with Crippen LogP contribution in [0.1, 0.15) is 5.76 Å². The molecule has 0 aromatic carbocycles. The van der Waals surface area contributed by atoms with Crippen LogP contribution in [0.5, 0.6) is 0 Å². The highest BCUT2D eigenvalue weighted by molar-refractivity contribution is 5.69. The van der Waals surface area contributed by atoms with Gasteiger partial charge in [0.15, 0.2) is 5.76 Å². The summed E-state index contributed by atoms with van der Waals surface area (Å²) in [6.45, 7) is 1.42. The zero-order valence-corrected chi connectivity index (χ0v) is 8.55. The van der Waals surface area contributed by atoms with Gasteiger partial charge >= 0.3 is 5.97 Å². The van der Waals surface area contributed by atoms with Gasteiger partial charge in [0.25, 0.3) is 0 Å². The minimum absolute atomic E-state index is 0.0376. The third-order valence-electron chi connectivity index (χ3n) is 1.84. The number of ether oxygens (including phenoxy) is 1. The van der Waals surface area contributed by atoms with Crippen LogP contribution >= 0.6 is 0 Å². The molecule has 1 aromatic rings. The zero-order chi connectivity index (χ0) is 11.1. The number of carboxylic acid groups (broad SMARTS) is 1. The minimum atomic E-state index is -0.870. The van der Waals surface area contributed by atoms with Crippen molar-refractivity contribution in [3.05, 3.63) is 18.0 Å². The van der Waals surface area contributed by atoms with E-state index in [1.807, 2.05) is 0 Å². The molecule has 0 unspecified atom stereocenters. The summed E-state index contributed by atoms with van der Waals surface area (Å²) in [4.78, 5) is 12.3. The molecule has 1 N–H and O–H groups in total. The molecule has 0 fully saturated rings. The molecule has 0 spiro atoms. The lowest BCUT2D eigenvalue weighted by molar-refractivity contribution is -0.138. The number of hydrogen-bond donors (Lipinski definition) is 1. The molecule has 1 rings (SSSR count). The van der Waals surface area contributed by atoms with Crippen LogP contribution in [0.15, 0.2) is 16.8 Å². The first-order valence-electron chi connectivity index (χ1n) is 4.55. The van der Waals surface area contributed by atoms with Crippen molar-refractivity contribution in [2.24, 2.45) is 0 Å². The van der Waals surface area contributed by atoms with Gasteiger partial charge in [0.05, 0.1) is 25.9 Å². The molecule has 0 saturated heterocycles. The average molecular weight is 214 g/mol. The molecule has 0 radical (unpaired) electrons. The van der Waals surface area contributed by atoms with Gasteiger partial charge in [-0.2, -0.15) is 0 Å². The zero-order valence-electron chi connectivity index (χ0n) is 8.55. The van der Waals surface area contributed by atoms with Crippen molar-refractivity contribution in [3.63, 3.8) is 0 Å². The highest BCUT2D eigenvalue weighted by Gasteiger charge is 2.11. The highest BCUT2D eigenvalue weighted by Crippen LogP contribution is 2.02. The second-order valence-corrected chi connectivity index (χ2v) is 3.08. The monoisotopic (exact) mass is 214 g/mol. The molecule has 1 heterocycles. The van der Waals surface area contributed by atoms with Crippen LogP contribution < -0.4 is 0 Å². The van der Waals surface area contributed by atoms with E-state index in [4.69, 9.17) is 14.4 Å². The van der Waals surface area contributed by atoms with E-state index < -0.39 is 5.97 Å². The first-order chi connectivity index (χ1) is 7.22. The fourth-order valence-electron chi connectivity index (χ4n) is 1.17. The Hall–Kier alpha value is -1.40. The number of methoxy groups -OCH3 is 1. The molecule has 0 saturated carbocycles. The van der Waals surface area contributed by atoms with E-state index in [1.165, 1.54) is 6.20 Å². The molecule has 1 aromatic heterocycles. The Labute approximate surface area is 87.4 Å². The molecular weight excluding hydrogens is 200 g/mol. The number of aliphatic carboxylic acids is 1. The lowest BCUT2D eigenvalue weighted by Crippen LogP contribution is -2.32. The Morgan fingerprint density at radius 1 is 1.73 bits per heavy atom. The predicted molar refractivity (Wildman–Crippen MR) is 51.3 cm³/mol. The van der Waals surface area contributed by atoms with Gasteiger partial charge in [-0.15, -0.1) is 0 Å². The maximum Gasteiger partial charge on any atom is 0.317 e. The van der Waals surface area contributed by atoms with Crippen LogP contribution in [0.2, 0.25) is 0 Å². The van der Waals surface area contributed by atoms with Crippen LogP contribution in [-0.4, -0.2) is 47.9 Å². The largest absolute Gasteiger partial charge is 0.480 e. The van der Waals surface area contributed by atoms with Gasteiger partial charge in [0, 0.05) is 19.7 Å². The molecule has 84 valence electrons. The SMILES string of the molecule is COCCN(CC(=O)O)Cc1ccno1. The topological polar surface area (TPSA) is 75.8 Å². The van der Waals surface area contributed by atoms with Crippen molar-refractivity contribution in [2.45, 2.75) is 6.54 Å². The van der Waals surface area contributed by atoms with Crippen LogP contribution in [0, 0.1) is 0 Å². The average Bonchev–Trinajstić information content (AvgIpc) is 2.66. The number of aromatic nitrogens is 1. The number of hydrogen-bond acceptors (Lipinski definition) is 5. The Morgan fingerprint density at radius 3 is 3.07 bits per heavy atom. The smallest absolute Gasteiger partial charge is 0.317 e. The van der Waals surface area contributed by atoms with E-state index in [0.717, 1.165) is 0 Å². The molecule has 6 heteroatoms. The maximum absolute atomic E-state index is 10.6. The molecule has 0 aliphatic heterocycles. The Kier molecular flexibility index (Phi) is 4.79. The number of carbonyl (C=O) groups is 1. The van der Waals surface area contributed by atoms with Crippen LogP contribution in [-0.2, 0) is 16.1 Å². The van der Waals surface area contributed by atoms with E-state index >= 15 is 0 Å². The molecule has 6 nitrogen and oxygen atoms in total. The van der Waals surface area contributed by atoms with Crippen molar-refractivity contribution in [3.8, 4) is 0 Å². The van der Waals surface area contributed by atoms with E-state index in [9.17, 15) is 4.79 Å². The first-order valence-corrected chi connectivity index (χ1v) is 4.55. The second-order valence-electron chi connectivity index (χ2n) is 3.08. The van der Waals surface area contributed by atoms with Crippen molar-refractivity contribution < 1.29 is 19.2 Å². The summed E-state index contributed by atoms with van der Waals surface area (Å²) < 4.78 is 9.79. The van der Waals surface area contributed by atoms with E-state index in [0.29, 0.717) is 25.5 Å². The predicted octanol–water partition coefficient (Wildman–Crippen LogP) is 0.208. The summed E-state index contributed by atoms with van der Waals surface area (Å²) in [6.07, 6.45) is 1.53. The lowest BCUT2D eigenvalue weighted by atomic mass is 10.4. The van der Waals surface area contributed by atoms with E-state index in [2.05, 4.69) is 5.16 Å². The quantitative estimate of drug-likeness (QED) is 0.699. The fraction of sp³-hybridized carbons (Fsp3) is 0.556. The van der Waals surface area contributed by atoms with Crippen LogP contribution in [0.4, 0.5) is 0 Å². The molecular formula is C9H14N2O4. The van der Waals surface area contributed by atoms with Gasteiger partial charge in [-0.3, -0.25) is 9.69 Å². The summed E-state index contributed by atoms with van der Waals surface area (Å²) >= 11 is 0. The van der Waals surface area contributed by atoms with E-state index in [1.54, 1.807) is 18.1 Å². The summed E-state index contributed by atoms with van der Waals surface area (Å²) in [5.74, 6) is -0.224. The molecule has 0 bridgehead atoms. The first kappa shape index (κ1) is 11.7. The maximum atomic E-state index is 10.6. The molecule has 0 aliphatic rings. The molecule has 0 aliphatic carbocycles. The van der Waals surface area contributed by atoms with Crippen molar-refractivity contribution in [1.29, 1.82) is 0 Å². The Morgan fingerprint density at radius 2 is 2.53 bits per heavy atom. The van der Waals surface area contributed by atoms with Crippen molar-refractivity contribution >= 4 is 5.97 Å². The van der Waals surface area contributed by atoms with Crippen molar-refractivity contribution in [1.82, 2.24) is 10.1 Å². The number of carboxylic acids is 1. The van der Waals surface area contributed by atoms with Gasteiger partial charge < -0.3 is 14.4 Å². The normalized spacial score (nSPS) is 10.8. The van der Waals surface area contributed by atoms with Gasteiger partial charge in [-0.1, -0.05) is 5.16 Å². The summed E-state index contributed by atoms with van der Waals surface area (Å²) in [5, 5.41) is 12.2. The van der Waals surface area contributed by atoms with Crippen LogP contribution in [0.3, 0.4) is 0 Å².